The van der Waals surface area contributed by atoms with Crippen LogP contribution in [0.4, 0.5) is 9.59 Å². The van der Waals surface area contributed by atoms with Gasteiger partial charge in [0.15, 0.2) is 0 Å². The van der Waals surface area contributed by atoms with Crippen LogP contribution in [0, 0.1) is 0 Å². The number of hydrogen-bond donors (Lipinski definition) is 2. The molecule has 148 valence electrons. The minimum Gasteiger partial charge on any atom is -0.459 e. The fourth-order valence-electron chi connectivity index (χ4n) is 1.44. The molecule has 0 bridgehead atoms. The maximum atomic E-state index is 11.5. The summed E-state index contributed by atoms with van der Waals surface area (Å²) in [5, 5.41) is 4.87. The minimum absolute atomic E-state index is 0.160. The van der Waals surface area contributed by atoms with Crippen LogP contribution in [0.1, 0.15) is 27.7 Å². The lowest BCUT2D eigenvalue weighted by atomic mass is 10.4. The normalized spacial score (nSPS) is 12.6. The Hall–Kier alpha value is -2.78. The minimum atomic E-state index is -0.792. The Kier molecular flexibility index (Phi) is 12.1. The fraction of sp³-hybridized carbons (Fsp3) is 0.625. The average molecular weight is 374 g/mol. The number of hydrogen-bond acceptors (Lipinski definition) is 8. The first-order chi connectivity index (χ1) is 12.3. The van der Waals surface area contributed by atoms with E-state index in [0.29, 0.717) is 13.1 Å². The number of nitrogens with one attached hydrogen (secondary N) is 2. The van der Waals surface area contributed by atoms with Crippen molar-refractivity contribution in [2.24, 2.45) is 0 Å². The molecular weight excluding hydrogens is 348 g/mol. The standard InChI is InChI=1S/C16H26N2O8/c1-5-17-15(21)25-11(3)9-23-13(19)7-8-14(20)24-10-12(4)26-16(22)18-6-2/h7-8,11-12H,5-6,9-10H2,1-4H3,(H,17,21)(H,18,22)/b8-7+/t11-,12-/m1/s1. The topological polar surface area (TPSA) is 129 Å². The smallest absolute Gasteiger partial charge is 0.407 e. The number of ether oxygens (including phenoxy) is 4. The van der Waals surface area contributed by atoms with Gasteiger partial charge in [-0.25, -0.2) is 19.2 Å². The molecule has 0 aliphatic rings. The lowest BCUT2D eigenvalue weighted by Crippen LogP contribution is -2.30. The lowest BCUT2D eigenvalue weighted by Gasteiger charge is -2.13. The Balaban J connectivity index is 4.02. The van der Waals surface area contributed by atoms with Crippen LogP contribution in [0.15, 0.2) is 12.2 Å². The molecule has 0 unspecified atom stereocenters. The van der Waals surface area contributed by atoms with Crippen molar-refractivity contribution in [2.45, 2.75) is 39.9 Å². The third kappa shape index (κ3) is 12.6. The summed E-state index contributed by atoms with van der Waals surface area (Å²) in [6.45, 7) is 7.10. The van der Waals surface area contributed by atoms with Gasteiger partial charge in [-0.2, -0.15) is 0 Å². The van der Waals surface area contributed by atoms with Crippen molar-refractivity contribution in [2.75, 3.05) is 26.3 Å². The third-order valence-corrected chi connectivity index (χ3v) is 2.53. The predicted molar refractivity (Wildman–Crippen MR) is 90.3 cm³/mol. The second-order valence-corrected chi connectivity index (χ2v) is 5.09. The van der Waals surface area contributed by atoms with Crippen molar-refractivity contribution in [3.8, 4) is 0 Å². The van der Waals surface area contributed by atoms with Gasteiger partial charge in [-0.05, 0) is 27.7 Å². The van der Waals surface area contributed by atoms with E-state index < -0.39 is 36.3 Å². The molecule has 2 atom stereocenters. The van der Waals surface area contributed by atoms with E-state index >= 15 is 0 Å². The monoisotopic (exact) mass is 374 g/mol. The van der Waals surface area contributed by atoms with Gasteiger partial charge in [-0.1, -0.05) is 0 Å². The highest BCUT2D eigenvalue weighted by Crippen LogP contribution is 1.96. The molecule has 26 heavy (non-hydrogen) atoms. The van der Waals surface area contributed by atoms with Gasteiger partial charge in [0.2, 0.25) is 0 Å². The van der Waals surface area contributed by atoms with E-state index in [2.05, 4.69) is 10.6 Å². The molecular formula is C16H26N2O8. The van der Waals surface area contributed by atoms with Crippen molar-refractivity contribution >= 4 is 24.1 Å². The Morgan fingerprint density at radius 1 is 0.769 bits per heavy atom. The van der Waals surface area contributed by atoms with Crippen LogP contribution in [-0.4, -0.2) is 62.6 Å². The van der Waals surface area contributed by atoms with Gasteiger partial charge in [0, 0.05) is 25.2 Å². The summed E-state index contributed by atoms with van der Waals surface area (Å²) in [5.74, 6) is -1.58. The molecule has 0 saturated carbocycles. The summed E-state index contributed by atoms with van der Waals surface area (Å²) in [7, 11) is 0. The highest BCUT2D eigenvalue weighted by molar-refractivity contribution is 5.91. The SMILES string of the molecule is CCNC(=O)O[C@H](C)COC(=O)/C=C/C(=O)OC[C@@H](C)OC(=O)NCC. The largest absolute Gasteiger partial charge is 0.459 e. The highest BCUT2D eigenvalue weighted by Gasteiger charge is 2.12. The number of carbonyl (C=O) groups is 4. The van der Waals surface area contributed by atoms with Crippen LogP contribution in [0.3, 0.4) is 0 Å². The van der Waals surface area contributed by atoms with Crippen LogP contribution in [0.25, 0.3) is 0 Å². The molecule has 0 radical (unpaired) electrons. The molecule has 0 aliphatic carbocycles. The number of esters is 2. The molecule has 0 saturated heterocycles. The summed E-state index contributed by atoms with van der Waals surface area (Å²) in [6, 6.07) is 0. The molecule has 0 aliphatic heterocycles. The zero-order chi connectivity index (χ0) is 19.9. The first kappa shape index (κ1) is 23.2. The Labute approximate surface area is 152 Å². The molecule has 0 aromatic rings. The molecule has 0 spiro atoms. The number of rotatable bonds is 10. The van der Waals surface area contributed by atoms with E-state index in [-0.39, 0.29) is 13.2 Å². The molecule has 0 aromatic heterocycles. The van der Waals surface area contributed by atoms with Gasteiger partial charge in [-0.15, -0.1) is 0 Å². The number of carbonyl (C=O) groups excluding carboxylic acids is 4. The van der Waals surface area contributed by atoms with Gasteiger partial charge < -0.3 is 29.6 Å². The molecule has 0 aromatic carbocycles. The summed E-state index contributed by atoms with van der Waals surface area (Å²) in [6.07, 6.45) is -0.734. The second kappa shape index (κ2) is 13.5. The number of alkyl carbamates (subject to hydrolysis) is 2. The summed E-state index contributed by atoms with van der Waals surface area (Å²) in [4.78, 5) is 45.3. The lowest BCUT2D eigenvalue weighted by molar-refractivity contribution is -0.143. The first-order valence-corrected chi connectivity index (χ1v) is 8.18. The van der Waals surface area contributed by atoms with Gasteiger partial charge in [0.05, 0.1) is 0 Å². The van der Waals surface area contributed by atoms with Crippen molar-refractivity contribution in [3.63, 3.8) is 0 Å². The quantitative estimate of drug-likeness (QED) is 0.328. The fourth-order valence-corrected chi connectivity index (χ4v) is 1.44. The van der Waals surface area contributed by atoms with Crippen molar-refractivity contribution in [3.05, 3.63) is 12.2 Å². The van der Waals surface area contributed by atoms with Gasteiger partial charge in [0.25, 0.3) is 0 Å². The highest BCUT2D eigenvalue weighted by atomic mass is 16.6. The second-order valence-electron chi connectivity index (χ2n) is 5.09. The van der Waals surface area contributed by atoms with Crippen molar-refractivity contribution < 1.29 is 38.1 Å². The summed E-state index contributed by atoms with van der Waals surface area (Å²) >= 11 is 0. The Morgan fingerprint density at radius 3 is 1.42 bits per heavy atom. The van der Waals surface area contributed by atoms with Crippen LogP contribution in [0.5, 0.6) is 0 Å². The van der Waals surface area contributed by atoms with E-state index in [9.17, 15) is 19.2 Å². The van der Waals surface area contributed by atoms with Crippen LogP contribution in [0.2, 0.25) is 0 Å². The van der Waals surface area contributed by atoms with E-state index in [1.165, 1.54) is 0 Å². The van der Waals surface area contributed by atoms with Gasteiger partial charge >= 0.3 is 24.1 Å². The molecule has 2 N–H and O–H groups in total. The molecule has 2 amide bonds. The maximum absolute atomic E-state index is 11.5. The average Bonchev–Trinajstić information content (AvgIpc) is 2.56. The number of amides is 2. The third-order valence-electron chi connectivity index (χ3n) is 2.53. The van der Waals surface area contributed by atoms with Gasteiger partial charge in [-0.3, -0.25) is 0 Å². The summed E-state index contributed by atoms with van der Waals surface area (Å²) in [5.41, 5.74) is 0. The first-order valence-electron chi connectivity index (χ1n) is 8.18. The van der Waals surface area contributed by atoms with Gasteiger partial charge in [0.1, 0.15) is 25.4 Å². The van der Waals surface area contributed by atoms with Crippen LogP contribution >= 0.6 is 0 Å². The Morgan fingerprint density at radius 2 is 1.12 bits per heavy atom. The van der Waals surface area contributed by atoms with E-state index in [1.807, 2.05) is 0 Å². The zero-order valence-electron chi connectivity index (χ0n) is 15.4. The molecule has 0 rings (SSSR count). The molecule has 10 nitrogen and oxygen atoms in total. The van der Waals surface area contributed by atoms with Crippen LogP contribution < -0.4 is 10.6 Å². The van der Waals surface area contributed by atoms with E-state index in [0.717, 1.165) is 12.2 Å². The molecule has 0 fully saturated rings. The van der Waals surface area contributed by atoms with Crippen molar-refractivity contribution in [1.29, 1.82) is 0 Å². The van der Waals surface area contributed by atoms with E-state index in [1.54, 1.807) is 27.7 Å². The predicted octanol–water partition coefficient (Wildman–Crippen LogP) is 0.898. The van der Waals surface area contributed by atoms with Crippen LogP contribution in [-0.2, 0) is 28.5 Å². The Bertz CT molecular complexity index is 462. The summed E-state index contributed by atoms with van der Waals surface area (Å²) < 4.78 is 19.4. The molecule has 10 heteroatoms. The van der Waals surface area contributed by atoms with Crippen molar-refractivity contribution in [1.82, 2.24) is 10.6 Å². The molecule has 0 heterocycles. The van der Waals surface area contributed by atoms with E-state index in [4.69, 9.17) is 18.9 Å². The maximum Gasteiger partial charge on any atom is 0.407 e. The zero-order valence-corrected chi connectivity index (χ0v) is 15.4.